The van der Waals surface area contributed by atoms with Crippen LogP contribution in [0.3, 0.4) is 0 Å². The van der Waals surface area contributed by atoms with E-state index in [2.05, 4.69) is 34.4 Å². The Morgan fingerprint density at radius 1 is 1.45 bits per heavy atom. The molecule has 1 atom stereocenters. The normalized spacial score (nSPS) is 18.9. The maximum Gasteiger partial charge on any atom is 0.216 e. The van der Waals surface area contributed by atoms with Gasteiger partial charge in [0.05, 0.1) is 6.21 Å². The molecule has 5 nitrogen and oxygen atoms in total. The van der Waals surface area contributed by atoms with Gasteiger partial charge < -0.3 is 4.74 Å². The number of aromatic nitrogens is 3. The molecule has 6 heteroatoms. The third kappa shape index (κ3) is 2.71. The van der Waals surface area contributed by atoms with Gasteiger partial charge in [-0.25, -0.2) is 0 Å². The van der Waals surface area contributed by atoms with E-state index in [1.165, 1.54) is 5.56 Å². The molecular weight excluding hydrogens is 272 g/mol. The van der Waals surface area contributed by atoms with Gasteiger partial charge in [-0.3, -0.25) is 5.10 Å². The Bertz CT molecular complexity index is 665. The summed E-state index contributed by atoms with van der Waals surface area (Å²) in [5.74, 6) is 0.746. The minimum Gasteiger partial charge on any atom is -0.370 e. The molecule has 0 bridgehead atoms. The standard InChI is InChI=1S/C14H16N4OS/c1-10-4-6-11(7-5-10)9-15-18-13(16-17-14(18)20)12-3-2-8-19-12/h4-7,9,12H,2-3,8H2,1H3,(H,17,20)/b15-9-/t12-/m1/s1. The summed E-state index contributed by atoms with van der Waals surface area (Å²) in [4.78, 5) is 0. The van der Waals surface area contributed by atoms with E-state index >= 15 is 0 Å². The first-order valence-corrected chi connectivity index (χ1v) is 7.05. The third-order valence-corrected chi connectivity index (χ3v) is 3.56. The summed E-state index contributed by atoms with van der Waals surface area (Å²) in [5.41, 5.74) is 2.25. The van der Waals surface area contributed by atoms with Gasteiger partial charge in [-0.15, -0.1) is 0 Å². The van der Waals surface area contributed by atoms with Gasteiger partial charge in [0.2, 0.25) is 4.77 Å². The summed E-state index contributed by atoms with van der Waals surface area (Å²) in [6, 6.07) is 8.15. The largest absolute Gasteiger partial charge is 0.370 e. The van der Waals surface area contributed by atoms with Gasteiger partial charge in [0, 0.05) is 6.61 Å². The van der Waals surface area contributed by atoms with Gasteiger partial charge in [0.15, 0.2) is 5.82 Å². The van der Waals surface area contributed by atoms with E-state index in [1.807, 2.05) is 12.1 Å². The molecule has 104 valence electrons. The number of nitrogens with one attached hydrogen (secondary N) is 1. The van der Waals surface area contributed by atoms with Gasteiger partial charge in [-0.2, -0.15) is 14.9 Å². The molecule has 1 aromatic carbocycles. The SMILES string of the molecule is Cc1ccc(/C=N\n2c([C@H]3CCCO3)n[nH]c2=S)cc1. The third-order valence-electron chi connectivity index (χ3n) is 3.29. The first-order valence-electron chi connectivity index (χ1n) is 6.64. The molecule has 1 aliphatic heterocycles. The predicted octanol–water partition coefficient (Wildman–Crippen LogP) is 2.98. The van der Waals surface area contributed by atoms with Gasteiger partial charge in [0.25, 0.3) is 0 Å². The molecule has 1 fully saturated rings. The highest BCUT2D eigenvalue weighted by Crippen LogP contribution is 2.26. The number of ether oxygens (including phenoxy) is 1. The fourth-order valence-electron chi connectivity index (χ4n) is 2.18. The van der Waals surface area contributed by atoms with Crippen LogP contribution in [0.4, 0.5) is 0 Å². The molecule has 0 aliphatic carbocycles. The molecule has 3 rings (SSSR count). The van der Waals surface area contributed by atoms with Crippen LogP contribution in [0.25, 0.3) is 0 Å². The summed E-state index contributed by atoms with van der Waals surface area (Å²) in [6.45, 7) is 2.83. The van der Waals surface area contributed by atoms with Crippen LogP contribution in [0.15, 0.2) is 29.4 Å². The molecule has 0 amide bonds. The van der Waals surface area contributed by atoms with Crippen molar-refractivity contribution < 1.29 is 4.74 Å². The van der Waals surface area contributed by atoms with Crippen LogP contribution < -0.4 is 0 Å². The Hall–Kier alpha value is -1.79. The zero-order valence-electron chi connectivity index (χ0n) is 11.2. The molecule has 1 saturated heterocycles. The maximum atomic E-state index is 5.64. The molecule has 1 N–H and O–H groups in total. The number of aryl methyl sites for hydroxylation is 1. The number of rotatable bonds is 3. The quantitative estimate of drug-likeness (QED) is 0.698. The second-order valence-electron chi connectivity index (χ2n) is 4.86. The molecule has 0 spiro atoms. The van der Waals surface area contributed by atoms with E-state index in [1.54, 1.807) is 10.9 Å². The average molecular weight is 288 g/mol. The minimum atomic E-state index is -0.0156. The van der Waals surface area contributed by atoms with Crippen molar-refractivity contribution in [2.75, 3.05) is 6.61 Å². The second-order valence-corrected chi connectivity index (χ2v) is 5.24. The summed E-state index contributed by atoms with van der Waals surface area (Å²) >= 11 is 5.22. The van der Waals surface area contributed by atoms with E-state index in [0.717, 1.165) is 30.8 Å². The highest BCUT2D eigenvalue weighted by molar-refractivity contribution is 7.71. The zero-order valence-corrected chi connectivity index (χ0v) is 12.1. The molecule has 0 saturated carbocycles. The number of H-pyrrole nitrogens is 1. The molecule has 0 unspecified atom stereocenters. The summed E-state index contributed by atoms with van der Waals surface area (Å²) in [7, 11) is 0. The molecule has 1 aromatic heterocycles. The lowest BCUT2D eigenvalue weighted by atomic mass is 10.2. The van der Waals surface area contributed by atoms with Gasteiger partial charge in [-0.05, 0) is 37.5 Å². The van der Waals surface area contributed by atoms with E-state index in [0.29, 0.717) is 4.77 Å². The van der Waals surface area contributed by atoms with Crippen molar-refractivity contribution in [2.45, 2.75) is 25.9 Å². The van der Waals surface area contributed by atoms with Crippen LogP contribution in [0.5, 0.6) is 0 Å². The highest BCUT2D eigenvalue weighted by atomic mass is 32.1. The van der Waals surface area contributed by atoms with Crippen molar-refractivity contribution in [1.82, 2.24) is 14.9 Å². The van der Waals surface area contributed by atoms with E-state index < -0.39 is 0 Å². The van der Waals surface area contributed by atoms with E-state index in [-0.39, 0.29) is 6.10 Å². The summed E-state index contributed by atoms with van der Waals surface area (Å²) in [5, 5.41) is 11.4. The number of nitrogens with zero attached hydrogens (tertiary/aromatic N) is 3. The maximum absolute atomic E-state index is 5.64. The number of hydrogen-bond acceptors (Lipinski definition) is 4. The predicted molar refractivity (Wildman–Crippen MR) is 79.5 cm³/mol. The minimum absolute atomic E-state index is 0.0156. The van der Waals surface area contributed by atoms with Gasteiger partial charge in [-0.1, -0.05) is 29.8 Å². The first kappa shape index (κ1) is 13.2. The number of hydrogen-bond donors (Lipinski definition) is 1. The molecular formula is C14H16N4OS. The fourth-order valence-corrected chi connectivity index (χ4v) is 2.37. The topological polar surface area (TPSA) is 55.2 Å². The lowest BCUT2D eigenvalue weighted by Gasteiger charge is -2.07. The van der Waals surface area contributed by atoms with Crippen molar-refractivity contribution in [3.63, 3.8) is 0 Å². The van der Waals surface area contributed by atoms with E-state index in [4.69, 9.17) is 17.0 Å². The van der Waals surface area contributed by atoms with Crippen LogP contribution in [0.2, 0.25) is 0 Å². The highest BCUT2D eigenvalue weighted by Gasteiger charge is 2.23. The van der Waals surface area contributed by atoms with Crippen molar-refractivity contribution in [1.29, 1.82) is 0 Å². The fraction of sp³-hybridized carbons (Fsp3) is 0.357. The first-order chi connectivity index (χ1) is 9.74. The average Bonchev–Trinajstić information content (AvgIpc) is 3.08. The van der Waals surface area contributed by atoms with Crippen LogP contribution in [0.1, 0.15) is 35.9 Å². The van der Waals surface area contributed by atoms with Gasteiger partial charge in [0.1, 0.15) is 6.10 Å². The molecule has 1 aliphatic rings. The summed E-state index contributed by atoms with van der Waals surface area (Å²) < 4.78 is 7.77. The smallest absolute Gasteiger partial charge is 0.216 e. The Morgan fingerprint density at radius 2 is 2.25 bits per heavy atom. The molecule has 2 heterocycles. The number of aromatic amines is 1. The second kappa shape index (κ2) is 5.68. The van der Waals surface area contributed by atoms with E-state index in [9.17, 15) is 0 Å². The molecule has 20 heavy (non-hydrogen) atoms. The molecule has 2 aromatic rings. The van der Waals surface area contributed by atoms with Crippen molar-refractivity contribution in [3.8, 4) is 0 Å². The van der Waals surface area contributed by atoms with Crippen LogP contribution in [-0.2, 0) is 4.74 Å². The monoisotopic (exact) mass is 288 g/mol. The van der Waals surface area contributed by atoms with Gasteiger partial charge >= 0.3 is 0 Å². The Labute approximate surface area is 122 Å². The Balaban J connectivity index is 1.88. The lowest BCUT2D eigenvalue weighted by molar-refractivity contribution is 0.102. The lowest BCUT2D eigenvalue weighted by Crippen LogP contribution is -2.05. The van der Waals surface area contributed by atoms with Crippen LogP contribution in [-0.4, -0.2) is 27.7 Å². The van der Waals surface area contributed by atoms with Crippen LogP contribution in [0, 0.1) is 11.7 Å². The zero-order chi connectivity index (χ0) is 13.9. The van der Waals surface area contributed by atoms with Crippen molar-refractivity contribution >= 4 is 18.4 Å². The number of benzene rings is 1. The van der Waals surface area contributed by atoms with Crippen molar-refractivity contribution in [3.05, 3.63) is 46.0 Å². The Kier molecular flexibility index (Phi) is 3.75. The molecule has 0 radical (unpaired) electrons. The Morgan fingerprint density at radius 3 is 2.95 bits per heavy atom. The van der Waals surface area contributed by atoms with Crippen molar-refractivity contribution in [2.24, 2.45) is 5.10 Å². The summed E-state index contributed by atoms with van der Waals surface area (Å²) in [6.07, 6.45) is 3.77. The van der Waals surface area contributed by atoms with Crippen LogP contribution >= 0.6 is 12.2 Å².